The summed E-state index contributed by atoms with van der Waals surface area (Å²) in [5, 5.41) is 9.87. The maximum absolute atomic E-state index is 12.9. The highest BCUT2D eigenvalue weighted by Gasteiger charge is 2.25. The average Bonchev–Trinajstić information content (AvgIpc) is 3.54. The molecule has 0 aliphatic heterocycles. The summed E-state index contributed by atoms with van der Waals surface area (Å²) >= 11 is 0. The smallest absolute Gasteiger partial charge is 0.353 e. The number of nitrogens with zero attached hydrogens (tertiary/aromatic N) is 3. The molecule has 0 saturated heterocycles. The van der Waals surface area contributed by atoms with Crippen LogP contribution in [0.25, 0.3) is 11.2 Å². The quantitative estimate of drug-likeness (QED) is 0.0437. The minimum absolute atomic E-state index is 0.137. The van der Waals surface area contributed by atoms with Gasteiger partial charge in [0.25, 0.3) is 0 Å². The summed E-state index contributed by atoms with van der Waals surface area (Å²) in [4.78, 5) is 19.1. The van der Waals surface area contributed by atoms with E-state index in [1.807, 2.05) is 30.3 Å². The lowest BCUT2D eigenvalue weighted by Gasteiger charge is -2.22. The largest absolute Gasteiger partial charge is 0.397 e. The molecule has 0 spiro atoms. The second-order valence-corrected chi connectivity index (χ2v) is 15.1. The van der Waals surface area contributed by atoms with Gasteiger partial charge in [0.2, 0.25) is 0 Å². The molecular formula is C38H63N4O7P. The Morgan fingerprint density at radius 3 is 2.04 bits per heavy atom. The number of rotatable bonds is 31. The number of anilines is 1. The molecule has 0 amide bonds. The van der Waals surface area contributed by atoms with Gasteiger partial charge >= 0.3 is 7.60 Å². The van der Waals surface area contributed by atoms with E-state index in [0.29, 0.717) is 30.1 Å². The zero-order chi connectivity index (χ0) is 35.7. The number of benzene rings is 1. The molecule has 11 nitrogen and oxygen atoms in total. The topological polar surface area (TPSA) is 151 Å². The van der Waals surface area contributed by atoms with Crippen molar-refractivity contribution in [3.05, 3.63) is 54.5 Å². The van der Waals surface area contributed by atoms with Crippen LogP contribution in [0.15, 0.2) is 48.9 Å². The molecular weight excluding hydrogens is 655 g/mol. The van der Waals surface area contributed by atoms with Crippen molar-refractivity contribution < 1.29 is 33.3 Å². The van der Waals surface area contributed by atoms with E-state index in [1.165, 1.54) is 89.9 Å². The van der Waals surface area contributed by atoms with Gasteiger partial charge in [-0.05, 0) is 18.1 Å². The van der Waals surface area contributed by atoms with Crippen LogP contribution < -0.4 is 5.73 Å². The van der Waals surface area contributed by atoms with Gasteiger partial charge in [-0.15, -0.1) is 0 Å². The number of aliphatic hydroxyl groups is 1. The molecule has 3 aromatic rings. The second kappa shape index (κ2) is 25.6. The van der Waals surface area contributed by atoms with Gasteiger partial charge in [-0.25, -0.2) is 9.97 Å². The van der Waals surface area contributed by atoms with Gasteiger partial charge in [-0.3, -0.25) is 4.57 Å². The Kier molecular flexibility index (Phi) is 21.5. The lowest BCUT2D eigenvalue weighted by atomic mass is 10.0. The van der Waals surface area contributed by atoms with Crippen LogP contribution in [0.4, 0.5) is 5.69 Å². The first-order valence-electron chi connectivity index (χ1n) is 18.9. The van der Waals surface area contributed by atoms with E-state index in [0.717, 1.165) is 18.4 Å². The van der Waals surface area contributed by atoms with Crippen LogP contribution in [0.3, 0.4) is 0 Å². The zero-order valence-corrected chi connectivity index (χ0v) is 31.2. The summed E-state index contributed by atoms with van der Waals surface area (Å²) in [6.07, 6.45) is 22.3. The Labute approximate surface area is 299 Å². The van der Waals surface area contributed by atoms with E-state index in [4.69, 9.17) is 24.5 Å². The number of ether oxygens (including phenoxy) is 3. The van der Waals surface area contributed by atoms with E-state index < -0.39 is 26.2 Å². The number of fused-ring (bicyclic) bond motifs is 1. The van der Waals surface area contributed by atoms with Gasteiger partial charge < -0.3 is 39.0 Å². The van der Waals surface area contributed by atoms with Crippen LogP contribution in [0, 0.1) is 0 Å². The Morgan fingerprint density at radius 2 is 1.42 bits per heavy atom. The maximum Gasteiger partial charge on any atom is 0.353 e. The normalized spacial score (nSPS) is 14.2. The van der Waals surface area contributed by atoms with Crippen molar-refractivity contribution in [1.29, 1.82) is 0 Å². The third kappa shape index (κ3) is 17.7. The molecule has 0 aliphatic rings. The highest BCUT2D eigenvalue weighted by Crippen LogP contribution is 2.42. The van der Waals surface area contributed by atoms with E-state index in [-0.39, 0.29) is 26.4 Å². The van der Waals surface area contributed by atoms with Gasteiger partial charge in [0.1, 0.15) is 18.0 Å². The summed E-state index contributed by atoms with van der Waals surface area (Å²) in [5.41, 5.74) is 8.51. The first-order valence-corrected chi connectivity index (χ1v) is 20.7. The number of aliphatic hydroxyl groups excluding tert-OH is 1. The first-order chi connectivity index (χ1) is 24.4. The molecule has 0 radical (unpaired) electrons. The minimum atomic E-state index is -4.16. The molecule has 0 aliphatic carbocycles. The summed E-state index contributed by atoms with van der Waals surface area (Å²) in [5.74, 6) is 0. The highest BCUT2D eigenvalue weighted by molar-refractivity contribution is 7.52. The van der Waals surface area contributed by atoms with Crippen LogP contribution in [0.1, 0.15) is 115 Å². The molecule has 50 heavy (non-hydrogen) atoms. The van der Waals surface area contributed by atoms with E-state index in [2.05, 4.69) is 16.9 Å². The zero-order valence-electron chi connectivity index (χ0n) is 30.3. The molecule has 0 saturated carbocycles. The van der Waals surface area contributed by atoms with Crippen molar-refractivity contribution in [2.24, 2.45) is 0 Å². The number of pyridine rings is 1. The lowest BCUT2D eigenvalue weighted by Crippen LogP contribution is -2.27. The van der Waals surface area contributed by atoms with Crippen molar-refractivity contribution in [3.8, 4) is 0 Å². The van der Waals surface area contributed by atoms with Crippen LogP contribution in [-0.4, -0.2) is 69.5 Å². The van der Waals surface area contributed by atoms with Crippen LogP contribution >= 0.6 is 7.60 Å². The monoisotopic (exact) mass is 718 g/mol. The van der Waals surface area contributed by atoms with E-state index in [1.54, 1.807) is 23.2 Å². The van der Waals surface area contributed by atoms with E-state index in [9.17, 15) is 14.6 Å². The fourth-order valence-electron chi connectivity index (χ4n) is 5.83. The number of nitrogen functional groups attached to an aromatic ring is 1. The summed E-state index contributed by atoms with van der Waals surface area (Å²) in [7, 11) is -4.16. The number of hydrogen-bond donors (Lipinski definition) is 3. The van der Waals surface area contributed by atoms with Gasteiger partial charge in [0, 0.05) is 12.8 Å². The van der Waals surface area contributed by atoms with Crippen molar-refractivity contribution >= 4 is 24.4 Å². The van der Waals surface area contributed by atoms with Crippen LogP contribution in [0.5, 0.6) is 0 Å². The average molecular weight is 719 g/mol. The predicted octanol–water partition coefficient (Wildman–Crippen LogP) is 8.41. The number of aromatic nitrogens is 3. The third-order valence-corrected chi connectivity index (χ3v) is 9.88. The summed E-state index contributed by atoms with van der Waals surface area (Å²) in [6, 6.07) is 11.4. The van der Waals surface area contributed by atoms with Crippen molar-refractivity contribution in [2.75, 3.05) is 38.5 Å². The predicted molar refractivity (Wildman–Crippen MR) is 200 cm³/mol. The number of nitrogens with two attached hydrogens (primary N) is 1. The van der Waals surface area contributed by atoms with Crippen LogP contribution in [-0.2, 0) is 36.5 Å². The SMILES string of the molecule is CCCCCCCCCCCCCCCCCCOCC(COP(=O)(O)CO[C@H](CO)Cn1cnc2c(N)ccnc21)OCc1ccccc1. The Balaban J connectivity index is 1.29. The van der Waals surface area contributed by atoms with Gasteiger partial charge in [-0.1, -0.05) is 134 Å². The molecule has 3 rings (SSSR count). The van der Waals surface area contributed by atoms with Gasteiger partial charge in [0.05, 0.1) is 51.1 Å². The molecule has 2 unspecified atom stereocenters. The second-order valence-electron chi connectivity index (χ2n) is 13.3. The summed E-state index contributed by atoms with van der Waals surface area (Å²) < 4.78 is 37.6. The van der Waals surface area contributed by atoms with Gasteiger partial charge in [-0.2, -0.15) is 0 Å². The van der Waals surface area contributed by atoms with E-state index >= 15 is 0 Å². The van der Waals surface area contributed by atoms with Crippen molar-refractivity contribution in [3.63, 3.8) is 0 Å². The maximum atomic E-state index is 12.9. The Morgan fingerprint density at radius 1 is 0.800 bits per heavy atom. The molecule has 282 valence electrons. The molecule has 12 heteroatoms. The lowest BCUT2D eigenvalue weighted by molar-refractivity contribution is -0.0489. The third-order valence-electron chi connectivity index (χ3n) is 8.85. The number of unbranched alkanes of at least 4 members (excludes halogenated alkanes) is 15. The molecule has 1 aromatic carbocycles. The minimum Gasteiger partial charge on any atom is -0.397 e. The molecule has 0 bridgehead atoms. The fourth-order valence-corrected chi connectivity index (χ4v) is 6.71. The molecule has 4 N–H and O–H groups in total. The van der Waals surface area contributed by atoms with Crippen molar-refractivity contribution in [1.82, 2.24) is 14.5 Å². The highest BCUT2D eigenvalue weighted by atomic mass is 31.2. The van der Waals surface area contributed by atoms with Gasteiger partial charge in [0.15, 0.2) is 5.65 Å². The van der Waals surface area contributed by atoms with Crippen LogP contribution in [0.2, 0.25) is 0 Å². The Hall–Kier alpha value is -2.37. The standard InChI is InChI=1S/C38H63N4O7P/c1-2-3-4-5-6-7-8-9-10-11-12-13-14-15-16-20-25-46-29-35(47-28-33-21-18-17-19-22-33)30-49-50(44,45)32-48-34(27-43)26-42-31-41-37-36(39)23-24-40-38(37)42/h17-19,21-24,31,34-35,43H,2-16,20,25-30,32H2,1H3,(H2,39,40)(H,44,45)/t34-,35?/m0/s1. The number of imidazole rings is 1. The molecule has 2 aromatic heterocycles. The Bertz CT molecular complexity index is 1330. The molecule has 3 atom stereocenters. The first kappa shape index (κ1) is 42.0. The molecule has 0 fully saturated rings. The number of hydrogen-bond acceptors (Lipinski definition) is 9. The van der Waals surface area contributed by atoms with Crippen molar-refractivity contribution in [2.45, 2.75) is 135 Å². The fraction of sp³-hybridized carbons (Fsp3) is 0.684. The molecule has 2 heterocycles. The summed E-state index contributed by atoms with van der Waals surface area (Å²) in [6.45, 7) is 3.10.